The summed E-state index contributed by atoms with van der Waals surface area (Å²) >= 11 is 0.946. The summed E-state index contributed by atoms with van der Waals surface area (Å²) in [6.45, 7) is 2.29. The highest BCUT2D eigenvalue weighted by Crippen LogP contribution is 2.07. The maximum absolute atomic E-state index is 11.8. The van der Waals surface area contributed by atoms with Gasteiger partial charge in [-0.2, -0.15) is 0 Å². The average molecular weight is 262 g/mol. The van der Waals surface area contributed by atoms with Gasteiger partial charge in [0.15, 0.2) is 0 Å². The van der Waals surface area contributed by atoms with Crippen molar-refractivity contribution in [1.82, 2.24) is 10.3 Å². The van der Waals surface area contributed by atoms with Crippen molar-refractivity contribution in [3.63, 3.8) is 0 Å². The van der Waals surface area contributed by atoms with Gasteiger partial charge in [0.25, 0.3) is 5.91 Å². The number of H-pyrrole nitrogens is 1. The van der Waals surface area contributed by atoms with E-state index in [2.05, 4.69) is 10.3 Å². The topological polar surface area (TPSA) is 62.0 Å². The molecule has 18 heavy (non-hydrogen) atoms. The zero-order chi connectivity index (χ0) is 13.0. The second-order valence-electron chi connectivity index (χ2n) is 3.96. The third-order valence-corrected chi connectivity index (χ3v) is 3.56. The van der Waals surface area contributed by atoms with Crippen molar-refractivity contribution in [3.05, 3.63) is 56.1 Å². The first-order chi connectivity index (χ1) is 8.66. The SMILES string of the molecule is Cc1[nH]c(=O)sc1C(=O)NCCc1ccccc1. The van der Waals surface area contributed by atoms with E-state index in [-0.39, 0.29) is 10.8 Å². The summed E-state index contributed by atoms with van der Waals surface area (Å²) in [5.74, 6) is -0.188. The van der Waals surface area contributed by atoms with Gasteiger partial charge in [0.1, 0.15) is 4.88 Å². The molecule has 2 aromatic rings. The summed E-state index contributed by atoms with van der Waals surface area (Å²) in [4.78, 5) is 25.8. The molecule has 1 heterocycles. The third kappa shape index (κ3) is 3.07. The summed E-state index contributed by atoms with van der Waals surface area (Å²) in [6, 6.07) is 9.94. The van der Waals surface area contributed by atoms with E-state index in [1.807, 2.05) is 30.3 Å². The summed E-state index contributed by atoms with van der Waals surface area (Å²) in [5, 5.41) is 2.81. The van der Waals surface area contributed by atoms with Gasteiger partial charge >= 0.3 is 4.87 Å². The van der Waals surface area contributed by atoms with Crippen molar-refractivity contribution in [2.24, 2.45) is 0 Å². The Bertz CT molecular complexity index is 587. The number of hydrogen-bond acceptors (Lipinski definition) is 3. The quantitative estimate of drug-likeness (QED) is 0.881. The fourth-order valence-electron chi connectivity index (χ4n) is 1.67. The molecule has 0 fully saturated rings. The molecule has 0 atom stereocenters. The molecule has 5 heteroatoms. The Morgan fingerprint density at radius 1 is 1.33 bits per heavy atom. The number of benzene rings is 1. The minimum absolute atomic E-state index is 0.188. The number of carbonyl (C=O) groups is 1. The lowest BCUT2D eigenvalue weighted by Crippen LogP contribution is -2.25. The molecule has 0 saturated heterocycles. The molecular weight excluding hydrogens is 248 g/mol. The van der Waals surface area contributed by atoms with Gasteiger partial charge in [0.2, 0.25) is 0 Å². The van der Waals surface area contributed by atoms with Crippen LogP contribution in [0, 0.1) is 6.92 Å². The van der Waals surface area contributed by atoms with Crippen LogP contribution in [0.3, 0.4) is 0 Å². The second-order valence-corrected chi connectivity index (χ2v) is 4.94. The van der Waals surface area contributed by atoms with Crippen LogP contribution in [-0.2, 0) is 6.42 Å². The van der Waals surface area contributed by atoms with Gasteiger partial charge < -0.3 is 10.3 Å². The Morgan fingerprint density at radius 2 is 2.06 bits per heavy atom. The smallest absolute Gasteiger partial charge is 0.305 e. The minimum Gasteiger partial charge on any atom is -0.351 e. The van der Waals surface area contributed by atoms with E-state index in [9.17, 15) is 9.59 Å². The number of aromatic nitrogens is 1. The lowest BCUT2D eigenvalue weighted by molar-refractivity contribution is 0.0957. The van der Waals surface area contributed by atoms with Crippen LogP contribution in [0.2, 0.25) is 0 Å². The van der Waals surface area contributed by atoms with Crippen molar-refractivity contribution < 1.29 is 4.79 Å². The lowest BCUT2D eigenvalue weighted by Gasteiger charge is -2.04. The fourth-order valence-corrected chi connectivity index (χ4v) is 2.43. The van der Waals surface area contributed by atoms with E-state index in [1.165, 1.54) is 5.56 Å². The Balaban J connectivity index is 1.89. The number of amides is 1. The number of rotatable bonds is 4. The summed E-state index contributed by atoms with van der Waals surface area (Å²) in [7, 11) is 0. The van der Waals surface area contributed by atoms with Crippen molar-refractivity contribution in [2.75, 3.05) is 6.54 Å². The largest absolute Gasteiger partial charge is 0.351 e. The van der Waals surface area contributed by atoms with Gasteiger partial charge in [-0.25, -0.2) is 0 Å². The number of nitrogens with one attached hydrogen (secondary N) is 2. The molecule has 1 aromatic heterocycles. The number of thiazole rings is 1. The molecule has 0 aliphatic carbocycles. The average Bonchev–Trinajstić information content (AvgIpc) is 2.70. The van der Waals surface area contributed by atoms with Crippen LogP contribution >= 0.6 is 11.3 Å². The van der Waals surface area contributed by atoms with Crippen LogP contribution in [0.15, 0.2) is 35.1 Å². The van der Waals surface area contributed by atoms with E-state index >= 15 is 0 Å². The first-order valence-electron chi connectivity index (χ1n) is 5.68. The second kappa shape index (κ2) is 5.64. The highest BCUT2D eigenvalue weighted by molar-refractivity contribution is 7.11. The van der Waals surface area contributed by atoms with Crippen LogP contribution in [0.5, 0.6) is 0 Å². The molecule has 1 aromatic carbocycles. The highest BCUT2D eigenvalue weighted by atomic mass is 32.1. The van der Waals surface area contributed by atoms with Crippen LogP contribution in [-0.4, -0.2) is 17.4 Å². The maximum Gasteiger partial charge on any atom is 0.305 e. The van der Waals surface area contributed by atoms with Crippen molar-refractivity contribution in [3.8, 4) is 0 Å². The zero-order valence-corrected chi connectivity index (χ0v) is 10.8. The molecule has 0 aliphatic rings. The van der Waals surface area contributed by atoms with Gasteiger partial charge in [0.05, 0.1) is 0 Å². The molecule has 0 saturated carbocycles. The number of aryl methyl sites for hydroxylation is 1. The first-order valence-corrected chi connectivity index (χ1v) is 6.50. The molecule has 0 radical (unpaired) electrons. The van der Waals surface area contributed by atoms with E-state index in [0.717, 1.165) is 17.8 Å². The molecule has 94 valence electrons. The molecule has 1 amide bonds. The van der Waals surface area contributed by atoms with Gasteiger partial charge in [-0.1, -0.05) is 41.7 Å². The first kappa shape index (κ1) is 12.6. The minimum atomic E-state index is -0.194. The Morgan fingerprint density at radius 3 is 2.67 bits per heavy atom. The van der Waals surface area contributed by atoms with E-state index < -0.39 is 0 Å². The Kier molecular flexibility index (Phi) is 3.94. The predicted octanol–water partition coefficient (Wildman–Crippen LogP) is 1.72. The Hall–Kier alpha value is -1.88. The summed E-state index contributed by atoms with van der Waals surface area (Å²) in [5.41, 5.74) is 1.80. The van der Waals surface area contributed by atoms with Crippen LogP contribution < -0.4 is 10.2 Å². The molecular formula is C13H14N2O2S. The Labute approximate surface area is 109 Å². The zero-order valence-electron chi connectivity index (χ0n) is 10.0. The van der Waals surface area contributed by atoms with Crippen molar-refractivity contribution in [2.45, 2.75) is 13.3 Å². The molecule has 0 unspecified atom stereocenters. The van der Waals surface area contributed by atoms with Crippen LogP contribution in [0.4, 0.5) is 0 Å². The monoisotopic (exact) mass is 262 g/mol. The summed E-state index contributed by atoms with van der Waals surface area (Å²) < 4.78 is 0. The van der Waals surface area contributed by atoms with Gasteiger partial charge in [-0.15, -0.1) is 0 Å². The molecule has 0 spiro atoms. The van der Waals surface area contributed by atoms with Gasteiger partial charge in [-0.05, 0) is 18.9 Å². The molecule has 0 aliphatic heterocycles. The summed E-state index contributed by atoms with van der Waals surface area (Å²) in [6.07, 6.45) is 0.783. The van der Waals surface area contributed by atoms with Crippen LogP contribution in [0.25, 0.3) is 0 Å². The van der Waals surface area contributed by atoms with Crippen LogP contribution in [0.1, 0.15) is 20.9 Å². The standard InChI is InChI=1S/C13H14N2O2S/c1-9-11(18-13(17)15-9)12(16)14-8-7-10-5-3-2-4-6-10/h2-6H,7-8H2,1H3,(H,14,16)(H,15,17). The van der Waals surface area contributed by atoms with E-state index in [0.29, 0.717) is 17.1 Å². The number of carbonyl (C=O) groups excluding carboxylic acids is 1. The van der Waals surface area contributed by atoms with Crippen molar-refractivity contribution >= 4 is 17.2 Å². The predicted molar refractivity (Wildman–Crippen MR) is 72.2 cm³/mol. The third-order valence-electron chi connectivity index (χ3n) is 2.57. The van der Waals surface area contributed by atoms with Gasteiger partial charge in [-0.3, -0.25) is 9.59 Å². The molecule has 4 nitrogen and oxygen atoms in total. The van der Waals surface area contributed by atoms with Crippen molar-refractivity contribution in [1.29, 1.82) is 0 Å². The normalized spacial score (nSPS) is 10.3. The lowest BCUT2D eigenvalue weighted by atomic mass is 10.1. The highest BCUT2D eigenvalue weighted by Gasteiger charge is 2.12. The molecule has 2 N–H and O–H groups in total. The maximum atomic E-state index is 11.8. The van der Waals surface area contributed by atoms with E-state index in [4.69, 9.17) is 0 Å². The number of hydrogen-bond donors (Lipinski definition) is 2. The molecule has 0 bridgehead atoms. The van der Waals surface area contributed by atoms with E-state index in [1.54, 1.807) is 6.92 Å². The fraction of sp³-hybridized carbons (Fsp3) is 0.231. The molecule has 2 rings (SSSR count). The number of aromatic amines is 1. The van der Waals surface area contributed by atoms with Gasteiger partial charge in [0, 0.05) is 12.2 Å².